The first-order valence-corrected chi connectivity index (χ1v) is 5.48. The first-order valence-electron chi connectivity index (χ1n) is 4.66. The van der Waals surface area contributed by atoms with E-state index in [0.717, 1.165) is 31.8 Å². The Morgan fingerprint density at radius 3 is 2.87 bits per heavy atom. The predicted octanol–water partition coefficient (Wildman–Crippen LogP) is 2.74. The van der Waals surface area contributed by atoms with Crippen LogP contribution in [0.4, 0.5) is 5.69 Å². The number of hydrogen-bond acceptors (Lipinski definition) is 4. The Hall–Kier alpha value is -1.68. The number of aromatic nitrogens is 2. The zero-order valence-electron chi connectivity index (χ0n) is 8.19. The van der Waals surface area contributed by atoms with E-state index in [9.17, 15) is 0 Å². The molecule has 0 fully saturated rings. The molecule has 0 aliphatic rings. The molecule has 2 aromatic heterocycles. The van der Waals surface area contributed by atoms with Gasteiger partial charge in [0.15, 0.2) is 0 Å². The number of aryl methyl sites for hydroxylation is 1. The van der Waals surface area contributed by atoms with E-state index in [4.69, 9.17) is 5.73 Å². The molecule has 0 unspecified atom stereocenters. The Morgan fingerprint density at radius 2 is 2.00 bits per heavy atom. The maximum absolute atomic E-state index is 5.97. The van der Waals surface area contributed by atoms with Crippen molar-refractivity contribution in [1.29, 1.82) is 0 Å². The van der Waals surface area contributed by atoms with Crippen LogP contribution in [0.25, 0.3) is 21.1 Å². The summed E-state index contributed by atoms with van der Waals surface area (Å²) in [5.41, 5.74) is 8.68. The predicted molar refractivity (Wildman–Crippen MR) is 64.1 cm³/mol. The number of pyridine rings is 1. The molecule has 0 spiro atoms. The lowest BCUT2D eigenvalue weighted by molar-refractivity contribution is 1.35. The summed E-state index contributed by atoms with van der Waals surface area (Å²) >= 11 is 1.66. The van der Waals surface area contributed by atoms with E-state index in [-0.39, 0.29) is 0 Å². The summed E-state index contributed by atoms with van der Waals surface area (Å²) in [4.78, 5) is 8.74. The molecule has 0 aliphatic heterocycles. The van der Waals surface area contributed by atoms with Crippen LogP contribution in [0.3, 0.4) is 0 Å². The first-order chi connectivity index (χ1) is 7.25. The largest absolute Gasteiger partial charge is 0.398 e. The summed E-state index contributed by atoms with van der Waals surface area (Å²) in [6, 6.07) is 5.79. The van der Waals surface area contributed by atoms with Crippen molar-refractivity contribution in [1.82, 2.24) is 9.97 Å². The Kier molecular flexibility index (Phi) is 1.67. The topological polar surface area (TPSA) is 51.8 Å². The van der Waals surface area contributed by atoms with Crippen LogP contribution in [0.1, 0.15) is 5.01 Å². The number of benzene rings is 1. The van der Waals surface area contributed by atoms with Crippen molar-refractivity contribution in [3.05, 3.63) is 29.4 Å². The summed E-state index contributed by atoms with van der Waals surface area (Å²) < 4.78 is 1.13. The summed E-state index contributed by atoms with van der Waals surface area (Å²) in [7, 11) is 0. The van der Waals surface area contributed by atoms with Crippen molar-refractivity contribution in [3.63, 3.8) is 0 Å². The number of hydrogen-bond donors (Lipinski definition) is 1. The van der Waals surface area contributed by atoms with Crippen LogP contribution < -0.4 is 5.73 Å². The first kappa shape index (κ1) is 8.61. The van der Waals surface area contributed by atoms with Crippen molar-refractivity contribution in [2.75, 3.05) is 5.73 Å². The summed E-state index contributed by atoms with van der Waals surface area (Å²) in [6.45, 7) is 2.00. The molecular formula is C11H9N3S. The van der Waals surface area contributed by atoms with Crippen molar-refractivity contribution in [2.45, 2.75) is 6.92 Å². The lowest BCUT2D eigenvalue weighted by atomic mass is 10.2. The number of nitrogen functional groups attached to an aromatic ring is 1. The third-order valence-electron chi connectivity index (χ3n) is 2.40. The molecule has 0 saturated carbocycles. The Balaban J connectivity index is 2.62. The molecule has 1 aromatic carbocycles. The van der Waals surface area contributed by atoms with E-state index < -0.39 is 0 Å². The fourth-order valence-corrected chi connectivity index (χ4v) is 2.74. The molecule has 3 aromatic rings. The van der Waals surface area contributed by atoms with Gasteiger partial charge in [-0.2, -0.15) is 0 Å². The van der Waals surface area contributed by atoms with Gasteiger partial charge in [0, 0.05) is 17.3 Å². The summed E-state index contributed by atoms with van der Waals surface area (Å²) in [6.07, 6.45) is 1.73. The molecule has 15 heavy (non-hydrogen) atoms. The third-order valence-corrected chi connectivity index (χ3v) is 3.40. The third kappa shape index (κ3) is 1.18. The van der Waals surface area contributed by atoms with Crippen molar-refractivity contribution < 1.29 is 0 Å². The average Bonchev–Trinajstić information content (AvgIpc) is 2.58. The smallest absolute Gasteiger partial charge is 0.0908 e. The molecule has 3 rings (SSSR count). The fourth-order valence-electron chi connectivity index (χ4n) is 1.76. The van der Waals surface area contributed by atoms with Gasteiger partial charge in [-0.15, -0.1) is 11.3 Å². The highest BCUT2D eigenvalue weighted by molar-refractivity contribution is 7.19. The Morgan fingerprint density at radius 1 is 1.20 bits per heavy atom. The van der Waals surface area contributed by atoms with E-state index in [2.05, 4.69) is 9.97 Å². The van der Waals surface area contributed by atoms with Gasteiger partial charge in [-0.1, -0.05) is 0 Å². The highest BCUT2D eigenvalue weighted by Crippen LogP contribution is 2.32. The maximum Gasteiger partial charge on any atom is 0.0908 e. The fraction of sp³-hybridized carbons (Fsp3) is 0.0909. The number of nitrogens with two attached hydrogens (primary N) is 1. The van der Waals surface area contributed by atoms with Crippen LogP contribution in [0.15, 0.2) is 24.4 Å². The van der Waals surface area contributed by atoms with Gasteiger partial charge in [0.25, 0.3) is 0 Å². The quantitative estimate of drug-likeness (QED) is 0.627. The minimum atomic E-state index is 0.772. The minimum Gasteiger partial charge on any atom is -0.398 e. The van der Waals surface area contributed by atoms with Crippen LogP contribution >= 0.6 is 11.3 Å². The normalized spacial score (nSPS) is 11.3. The second kappa shape index (κ2) is 2.90. The Bertz CT molecular complexity index is 657. The second-order valence-corrected chi connectivity index (χ2v) is 4.64. The summed E-state index contributed by atoms with van der Waals surface area (Å²) in [5, 5.41) is 2.08. The van der Waals surface area contributed by atoms with Crippen LogP contribution in [0, 0.1) is 6.92 Å². The molecule has 0 amide bonds. The van der Waals surface area contributed by atoms with Gasteiger partial charge in [0.2, 0.25) is 0 Å². The van der Waals surface area contributed by atoms with Gasteiger partial charge in [-0.25, -0.2) is 4.98 Å². The van der Waals surface area contributed by atoms with Gasteiger partial charge in [-0.05, 0) is 25.1 Å². The minimum absolute atomic E-state index is 0.772. The standard InChI is InChI=1S/C11H9N3S/c1-6-14-9-3-2-8-10(11(9)15-6)7(12)4-5-13-8/h2-5H,1H3,(H2,12,13). The van der Waals surface area contributed by atoms with Crippen molar-refractivity contribution in [2.24, 2.45) is 0 Å². The molecule has 0 radical (unpaired) electrons. The molecule has 3 nitrogen and oxygen atoms in total. The number of nitrogens with zero attached hydrogens (tertiary/aromatic N) is 2. The lowest BCUT2D eigenvalue weighted by Crippen LogP contribution is -1.88. The van der Waals surface area contributed by atoms with Crippen LogP contribution in [-0.2, 0) is 0 Å². The molecule has 4 heteroatoms. The molecular weight excluding hydrogens is 206 g/mol. The SMILES string of the molecule is Cc1nc2ccc3nccc(N)c3c2s1. The molecule has 0 aliphatic carbocycles. The van der Waals surface area contributed by atoms with Crippen molar-refractivity contribution >= 4 is 38.1 Å². The van der Waals surface area contributed by atoms with Crippen LogP contribution in [-0.4, -0.2) is 9.97 Å². The highest BCUT2D eigenvalue weighted by atomic mass is 32.1. The van der Waals surface area contributed by atoms with Gasteiger partial charge in [-0.3, -0.25) is 4.98 Å². The molecule has 2 N–H and O–H groups in total. The van der Waals surface area contributed by atoms with E-state index >= 15 is 0 Å². The van der Waals surface area contributed by atoms with E-state index in [0.29, 0.717) is 0 Å². The van der Waals surface area contributed by atoms with Gasteiger partial charge >= 0.3 is 0 Å². The van der Waals surface area contributed by atoms with Gasteiger partial charge < -0.3 is 5.73 Å². The van der Waals surface area contributed by atoms with Gasteiger partial charge in [0.1, 0.15) is 0 Å². The summed E-state index contributed by atoms with van der Waals surface area (Å²) in [5.74, 6) is 0. The van der Waals surface area contributed by atoms with Crippen LogP contribution in [0.5, 0.6) is 0 Å². The van der Waals surface area contributed by atoms with Crippen molar-refractivity contribution in [3.8, 4) is 0 Å². The van der Waals surface area contributed by atoms with E-state index in [1.54, 1.807) is 17.5 Å². The lowest BCUT2D eigenvalue weighted by Gasteiger charge is -2.00. The molecule has 2 heterocycles. The highest BCUT2D eigenvalue weighted by Gasteiger charge is 2.07. The van der Waals surface area contributed by atoms with Gasteiger partial charge in [0.05, 0.1) is 20.7 Å². The Labute approximate surface area is 90.6 Å². The average molecular weight is 215 g/mol. The monoisotopic (exact) mass is 215 g/mol. The number of fused-ring (bicyclic) bond motifs is 3. The maximum atomic E-state index is 5.97. The van der Waals surface area contributed by atoms with E-state index in [1.165, 1.54) is 0 Å². The zero-order valence-corrected chi connectivity index (χ0v) is 9.01. The molecule has 0 saturated heterocycles. The number of thiazole rings is 1. The molecule has 0 bridgehead atoms. The van der Waals surface area contributed by atoms with Crippen LogP contribution in [0.2, 0.25) is 0 Å². The zero-order chi connectivity index (χ0) is 10.4. The molecule has 0 atom stereocenters. The molecule has 74 valence electrons. The number of anilines is 1. The van der Waals surface area contributed by atoms with E-state index in [1.807, 2.05) is 25.1 Å². The second-order valence-electron chi connectivity index (χ2n) is 3.44. The number of rotatable bonds is 0.